The summed E-state index contributed by atoms with van der Waals surface area (Å²) in [5.41, 5.74) is 1.40. The third kappa shape index (κ3) is 2.74. The molecule has 1 N–H and O–H groups in total. The third-order valence-corrected chi connectivity index (χ3v) is 3.93. The predicted molar refractivity (Wildman–Crippen MR) is 74.0 cm³/mol. The summed E-state index contributed by atoms with van der Waals surface area (Å²) in [4.78, 5) is 2.18. The van der Waals surface area contributed by atoms with Gasteiger partial charge in [-0.1, -0.05) is 19.3 Å². The smallest absolute Gasteiger partial charge is 0.145 e. The molecule has 0 radical (unpaired) electrons. The highest BCUT2D eigenvalue weighted by molar-refractivity contribution is 5.57. The molecule has 104 valence electrons. The highest BCUT2D eigenvalue weighted by atomic mass is 16.3. The summed E-state index contributed by atoms with van der Waals surface area (Å²) in [7, 11) is 1.87. The van der Waals surface area contributed by atoms with Crippen molar-refractivity contribution in [1.82, 2.24) is 9.78 Å². The lowest BCUT2D eigenvalue weighted by Crippen LogP contribution is -2.40. The number of hydrogen-bond acceptors (Lipinski definition) is 4. The molecule has 1 fully saturated rings. The molecule has 0 spiro atoms. The first-order chi connectivity index (χ1) is 9.19. The van der Waals surface area contributed by atoms with Gasteiger partial charge in [-0.3, -0.25) is 4.68 Å². The standard InChI is InChI=1S/C14H22N4O/c1-11-13(10-15)14(17(2)16-11)18(8-9-19)12-6-4-3-5-7-12/h12,19H,3-9H2,1-2H3. The number of nitrogens with zero attached hydrogens (tertiary/aromatic N) is 4. The Morgan fingerprint density at radius 3 is 2.68 bits per heavy atom. The summed E-state index contributed by atoms with van der Waals surface area (Å²) in [6.07, 6.45) is 6.01. The quantitative estimate of drug-likeness (QED) is 0.897. The normalized spacial score (nSPS) is 16.3. The third-order valence-electron chi connectivity index (χ3n) is 3.93. The molecule has 0 atom stereocenters. The van der Waals surface area contributed by atoms with Crippen LogP contribution in [-0.2, 0) is 7.05 Å². The lowest BCUT2D eigenvalue weighted by atomic mass is 9.94. The summed E-state index contributed by atoms with van der Waals surface area (Å²) in [6.45, 7) is 2.53. The minimum atomic E-state index is 0.103. The summed E-state index contributed by atoms with van der Waals surface area (Å²) in [5, 5.41) is 23.0. The highest BCUT2D eigenvalue weighted by Crippen LogP contribution is 2.30. The Bertz CT molecular complexity index is 469. The van der Waals surface area contributed by atoms with Crippen LogP contribution in [0, 0.1) is 18.3 Å². The zero-order chi connectivity index (χ0) is 13.8. The number of nitriles is 1. The monoisotopic (exact) mass is 262 g/mol. The van der Waals surface area contributed by atoms with E-state index in [0.717, 1.165) is 24.4 Å². The number of aliphatic hydroxyl groups excluding tert-OH is 1. The molecule has 1 aliphatic rings. The van der Waals surface area contributed by atoms with E-state index in [1.807, 2.05) is 14.0 Å². The zero-order valence-electron chi connectivity index (χ0n) is 11.8. The Labute approximate surface area is 114 Å². The molecule has 0 aromatic carbocycles. The second-order valence-corrected chi connectivity index (χ2v) is 5.23. The van der Waals surface area contributed by atoms with E-state index in [4.69, 9.17) is 0 Å². The molecule has 0 saturated heterocycles. The van der Waals surface area contributed by atoms with Crippen molar-refractivity contribution in [3.8, 4) is 6.07 Å². The van der Waals surface area contributed by atoms with E-state index in [1.165, 1.54) is 19.3 Å². The van der Waals surface area contributed by atoms with Crippen LogP contribution in [0.3, 0.4) is 0 Å². The van der Waals surface area contributed by atoms with Crippen LogP contribution in [0.15, 0.2) is 0 Å². The van der Waals surface area contributed by atoms with E-state index < -0.39 is 0 Å². The average molecular weight is 262 g/mol. The van der Waals surface area contributed by atoms with Gasteiger partial charge in [0.1, 0.15) is 17.5 Å². The van der Waals surface area contributed by atoms with Crippen molar-refractivity contribution in [3.05, 3.63) is 11.3 Å². The van der Waals surface area contributed by atoms with E-state index in [1.54, 1.807) is 4.68 Å². The highest BCUT2D eigenvalue weighted by Gasteiger charge is 2.26. The van der Waals surface area contributed by atoms with Crippen molar-refractivity contribution in [2.75, 3.05) is 18.1 Å². The van der Waals surface area contributed by atoms with E-state index >= 15 is 0 Å². The topological polar surface area (TPSA) is 65.1 Å². The number of aliphatic hydroxyl groups is 1. The fourth-order valence-corrected chi connectivity index (χ4v) is 3.07. The SMILES string of the molecule is Cc1nn(C)c(N(CCO)C2CCCCC2)c1C#N. The molecule has 1 aromatic rings. The first-order valence-corrected chi connectivity index (χ1v) is 7.00. The van der Waals surface area contributed by atoms with E-state index in [9.17, 15) is 10.4 Å². The van der Waals surface area contributed by atoms with Crippen LogP contribution in [0.1, 0.15) is 43.4 Å². The summed E-state index contributed by atoms with van der Waals surface area (Å²) in [6, 6.07) is 2.68. The van der Waals surface area contributed by atoms with E-state index in [2.05, 4.69) is 16.1 Å². The number of anilines is 1. The lowest BCUT2D eigenvalue weighted by molar-refractivity contribution is 0.288. The molecule has 0 bridgehead atoms. The molecule has 1 aromatic heterocycles. The maximum absolute atomic E-state index is 9.34. The van der Waals surface area contributed by atoms with Crippen molar-refractivity contribution in [2.45, 2.75) is 45.1 Å². The second-order valence-electron chi connectivity index (χ2n) is 5.23. The number of hydrogen-bond donors (Lipinski definition) is 1. The van der Waals surface area contributed by atoms with Gasteiger partial charge in [0.25, 0.3) is 0 Å². The van der Waals surface area contributed by atoms with Crippen LogP contribution in [0.5, 0.6) is 0 Å². The fraction of sp³-hybridized carbons (Fsp3) is 0.714. The Morgan fingerprint density at radius 1 is 1.42 bits per heavy atom. The summed E-state index contributed by atoms with van der Waals surface area (Å²) < 4.78 is 1.78. The van der Waals surface area contributed by atoms with Crippen molar-refractivity contribution >= 4 is 5.82 Å². The molecular weight excluding hydrogens is 240 g/mol. The van der Waals surface area contributed by atoms with Gasteiger partial charge in [0.15, 0.2) is 0 Å². The largest absolute Gasteiger partial charge is 0.395 e. The van der Waals surface area contributed by atoms with Crippen molar-refractivity contribution in [2.24, 2.45) is 7.05 Å². The van der Waals surface area contributed by atoms with Gasteiger partial charge in [0.2, 0.25) is 0 Å². The van der Waals surface area contributed by atoms with E-state index in [-0.39, 0.29) is 6.61 Å². The van der Waals surface area contributed by atoms with Gasteiger partial charge in [-0.25, -0.2) is 0 Å². The van der Waals surface area contributed by atoms with Gasteiger partial charge in [0.05, 0.1) is 12.3 Å². The number of aromatic nitrogens is 2. The zero-order valence-corrected chi connectivity index (χ0v) is 11.8. The van der Waals surface area contributed by atoms with Crippen molar-refractivity contribution in [1.29, 1.82) is 5.26 Å². The molecule has 0 unspecified atom stereocenters. The van der Waals surface area contributed by atoms with Gasteiger partial charge in [0, 0.05) is 19.6 Å². The number of aryl methyl sites for hydroxylation is 2. The minimum absolute atomic E-state index is 0.103. The molecule has 1 saturated carbocycles. The van der Waals surface area contributed by atoms with Gasteiger partial charge >= 0.3 is 0 Å². The molecule has 1 heterocycles. The molecule has 5 nitrogen and oxygen atoms in total. The molecule has 19 heavy (non-hydrogen) atoms. The molecular formula is C14H22N4O. The lowest BCUT2D eigenvalue weighted by Gasteiger charge is -2.35. The Hall–Kier alpha value is -1.54. The number of rotatable bonds is 4. The molecule has 0 aliphatic heterocycles. The average Bonchev–Trinajstić information content (AvgIpc) is 2.71. The van der Waals surface area contributed by atoms with Crippen LogP contribution in [0.25, 0.3) is 0 Å². The Morgan fingerprint density at radius 2 is 2.11 bits per heavy atom. The first kappa shape index (κ1) is 13.9. The van der Waals surface area contributed by atoms with Gasteiger partial charge in [-0.15, -0.1) is 0 Å². The maximum Gasteiger partial charge on any atom is 0.145 e. The minimum Gasteiger partial charge on any atom is -0.395 e. The maximum atomic E-state index is 9.34. The van der Waals surface area contributed by atoms with Gasteiger partial charge in [-0.05, 0) is 19.8 Å². The molecule has 0 amide bonds. The Kier molecular flexibility index (Phi) is 4.43. The van der Waals surface area contributed by atoms with E-state index in [0.29, 0.717) is 18.2 Å². The first-order valence-electron chi connectivity index (χ1n) is 7.00. The van der Waals surface area contributed by atoms with Crippen LogP contribution in [0.4, 0.5) is 5.82 Å². The van der Waals surface area contributed by atoms with Crippen LogP contribution in [0.2, 0.25) is 0 Å². The van der Waals surface area contributed by atoms with Gasteiger partial charge < -0.3 is 10.0 Å². The van der Waals surface area contributed by atoms with Crippen molar-refractivity contribution < 1.29 is 5.11 Å². The van der Waals surface area contributed by atoms with Crippen LogP contribution < -0.4 is 4.90 Å². The van der Waals surface area contributed by atoms with Crippen LogP contribution >= 0.6 is 0 Å². The molecule has 1 aliphatic carbocycles. The van der Waals surface area contributed by atoms with Crippen LogP contribution in [-0.4, -0.2) is 34.1 Å². The summed E-state index contributed by atoms with van der Waals surface area (Å²) in [5.74, 6) is 0.862. The Balaban J connectivity index is 2.35. The molecule has 2 rings (SSSR count). The van der Waals surface area contributed by atoms with Crippen molar-refractivity contribution in [3.63, 3.8) is 0 Å². The predicted octanol–water partition coefficient (Wildman–Crippen LogP) is 1.73. The fourth-order valence-electron chi connectivity index (χ4n) is 3.07. The molecule has 5 heteroatoms. The second kappa shape index (κ2) is 6.07. The van der Waals surface area contributed by atoms with Gasteiger partial charge in [-0.2, -0.15) is 10.4 Å². The summed E-state index contributed by atoms with van der Waals surface area (Å²) >= 11 is 0.